The molecule has 6 fully saturated rings. The van der Waals surface area contributed by atoms with Crippen LogP contribution in [0.2, 0.25) is 0 Å². The van der Waals surface area contributed by atoms with Crippen LogP contribution >= 0.6 is 0 Å². The zero-order valence-electron chi connectivity index (χ0n) is 46.6. The molecular weight excluding hydrogens is 1260 g/mol. The Balaban J connectivity index is 0.00000484. The van der Waals surface area contributed by atoms with Crippen LogP contribution < -0.4 is 149 Å². The van der Waals surface area contributed by atoms with Crippen molar-refractivity contribution >= 4 is 50.4 Å². The van der Waals surface area contributed by atoms with E-state index in [1.807, 2.05) is 0 Å². The van der Waals surface area contributed by atoms with Gasteiger partial charge in [-0.05, 0) is 12.5 Å². The fourth-order valence-electron chi connectivity index (χ4n) is 10.5. The molecule has 6 aliphatic heterocycles. The Labute approximate surface area is 576 Å². The van der Waals surface area contributed by atoms with E-state index >= 15 is 0 Å². The summed E-state index contributed by atoms with van der Waals surface area (Å²) in [5.41, 5.74) is 0. The van der Waals surface area contributed by atoms with E-state index < -0.39 is 247 Å². The summed E-state index contributed by atoms with van der Waals surface area (Å²) in [5.74, 6) is -12.4. The van der Waals surface area contributed by atoms with Gasteiger partial charge in [-0.1, -0.05) is 6.92 Å². The van der Waals surface area contributed by atoms with Gasteiger partial charge in [0.2, 0.25) is 18.1 Å². The molecular formula is C42H59N3Na4O35S2. The molecule has 0 spiro atoms. The molecule has 1 saturated carbocycles. The first-order chi connectivity index (χ1) is 38.2. The Hall–Kier alpha value is -0.130. The van der Waals surface area contributed by atoms with Crippen LogP contribution in [0.25, 0.3) is 0 Å². The van der Waals surface area contributed by atoms with Crippen LogP contribution in [0, 0.1) is 11.8 Å². The van der Waals surface area contributed by atoms with E-state index in [4.69, 9.17) is 52.1 Å². The average molecular weight is 1320 g/mol. The minimum Gasteiger partial charge on any atom is -0.735 e. The Morgan fingerprint density at radius 2 is 1.17 bits per heavy atom. The monoisotopic (exact) mass is 1320 g/mol. The topological polar surface area (TPSA) is 595 Å². The van der Waals surface area contributed by atoms with Crippen molar-refractivity contribution in [1.82, 2.24) is 15.4 Å². The Kier molecular flexibility index (Phi) is 31.0. The second-order valence-electron chi connectivity index (χ2n) is 19.9. The fraction of sp³-hybridized carbons (Fsp3) is 0.833. The number of aliphatic hydroxyl groups excluding tert-OH is 9. The molecule has 5 saturated heterocycles. The summed E-state index contributed by atoms with van der Waals surface area (Å²) >= 11 is 0. The van der Waals surface area contributed by atoms with Crippen molar-refractivity contribution in [2.45, 2.75) is 187 Å². The zero-order chi connectivity index (χ0) is 60.8. The first kappa shape index (κ1) is 80.1. The summed E-state index contributed by atoms with van der Waals surface area (Å²) in [6.45, 7) is 0.452. The van der Waals surface area contributed by atoms with Crippen LogP contribution in [0.15, 0.2) is 11.8 Å². The minimum absolute atomic E-state index is 0. The molecule has 28 unspecified atom stereocenters. The van der Waals surface area contributed by atoms with Crippen LogP contribution in [0.4, 0.5) is 0 Å². The van der Waals surface area contributed by atoms with Gasteiger partial charge in [0.25, 0.3) is 0 Å². The molecule has 38 nitrogen and oxygen atoms in total. The Morgan fingerprint density at radius 1 is 0.628 bits per heavy atom. The molecule has 0 aromatic heterocycles. The summed E-state index contributed by atoms with van der Waals surface area (Å²) in [4.78, 5) is 62.2. The van der Waals surface area contributed by atoms with Gasteiger partial charge in [0.05, 0.1) is 50.1 Å². The minimum atomic E-state index is -5.38. The predicted octanol–water partition coefficient (Wildman–Crippen LogP) is -26.5. The maximum absolute atomic E-state index is 12.9. The summed E-state index contributed by atoms with van der Waals surface area (Å²) < 4.78 is 135. The molecule has 2 bridgehead atoms. The molecule has 7 rings (SSSR count). The van der Waals surface area contributed by atoms with Crippen LogP contribution in [0.3, 0.4) is 0 Å². The van der Waals surface area contributed by atoms with E-state index in [1.165, 1.54) is 6.92 Å². The van der Waals surface area contributed by atoms with Gasteiger partial charge in [-0.25, -0.2) is 17.3 Å². The molecule has 0 aromatic rings. The first-order valence-corrected chi connectivity index (χ1v) is 27.4. The third-order valence-corrected chi connectivity index (χ3v) is 15.3. The number of carbonyl (C=O) groups is 5. The van der Waals surface area contributed by atoms with Crippen LogP contribution in [0.1, 0.15) is 27.2 Å². The van der Waals surface area contributed by atoms with Gasteiger partial charge in [0.15, 0.2) is 35.5 Å². The quantitative estimate of drug-likeness (QED) is 0.0375. The smallest absolute Gasteiger partial charge is 0.735 e. The average Bonchev–Trinajstić information content (AvgIpc) is 3.51. The number of aliphatic hydroxyl groups is 9. The molecule has 7 aliphatic rings. The standard InChI is InChI=1S/C42H63N3O35S2.4Na/c1-9-19(43-10(2)47)39(79-33-27(55)28(56)42(80-34(33)37(61)62)78-31-17-7-69-38(74-17)21(25(31)53)45-81(63,64)65)73-16(6-46)29(9)71-14-4-12(35(57)58)30(26(54)23(14)51)76-40-20(44-11(3)48)24(52)32(18(75-40)8-70-82(66,67)68)77-41-22(50)13(49)5-15(72-41)36(59)60;;;;/h5,9,12-14,16-34,38-42,45-46,49-56H,4,6-8H2,1-3H3,(H,43,47)(H,44,48)(H,57,58)(H,59,60)(H,61,62)(H,63,64,65)(H,66,67,68);;;;/q;4*+1/p-4. The van der Waals surface area contributed by atoms with Gasteiger partial charge < -0.3 is 143 Å². The third-order valence-electron chi connectivity index (χ3n) is 14.3. The van der Waals surface area contributed by atoms with E-state index in [0.29, 0.717) is 6.08 Å². The third kappa shape index (κ3) is 19.1. The number of ether oxygens (including phenoxy) is 11. The van der Waals surface area contributed by atoms with Crippen molar-refractivity contribution in [3.05, 3.63) is 11.8 Å². The second kappa shape index (κ2) is 33.3. The van der Waals surface area contributed by atoms with Gasteiger partial charge in [-0.15, -0.1) is 0 Å². The SMILES string of the molecule is CC(=O)NC1C(OC2C(C(=O)[O-])OC(OC3C4COC(O4)C(NS(=O)(=O)[O-])C3O)C(O)C2O)OC(CO)C(OC2CC(C(=O)[O-])C(OC3OC(COS(=O)(=O)O)C(OC4OC(C(=O)[O-])=CC(O)C4O)C(O)C3NC(C)=O)C(O)C2O)C1C.[Na+].[Na+].[Na+].[Na+]. The number of nitrogens with one attached hydrogen (secondary N) is 3. The van der Waals surface area contributed by atoms with Crippen molar-refractivity contribution in [2.24, 2.45) is 11.8 Å². The number of amides is 2. The van der Waals surface area contributed by atoms with E-state index in [9.17, 15) is 111 Å². The molecule has 468 valence electrons. The maximum Gasteiger partial charge on any atom is 1.00 e. The summed E-state index contributed by atoms with van der Waals surface area (Å²) in [6, 6.07) is -5.30. The fourth-order valence-corrected chi connectivity index (χ4v) is 11.4. The zero-order valence-corrected chi connectivity index (χ0v) is 56.2. The normalized spacial score (nSPS) is 42.3. The van der Waals surface area contributed by atoms with Crippen LogP contribution in [-0.4, -0.2) is 281 Å². The molecule has 6 heterocycles. The van der Waals surface area contributed by atoms with Crippen molar-refractivity contribution in [2.75, 3.05) is 19.8 Å². The number of carbonyl (C=O) groups excluding carboxylic acids is 5. The predicted molar refractivity (Wildman–Crippen MR) is 238 cm³/mol. The molecule has 44 heteroatoms. The number of fused-ring (bicyclic) bond motifs is 2. The van der Waals surface area contributed by atoms with Crippen molar-refractivity contribution in [1.29, 1.82) is 0 Å². The van der Waals surface area contributed by atoms with Crippen LogP contribution in [-0.2, 0) is 101 Å². The largest absolute Gasteiger partial charge is 1.00 e. The number of hydrogen-bond donors (Lipinski definition) is 13. The van der Waals surface area contributed by atoms with Crippen molar-refractivity contribution in [3.63, 3.8) is 0 Å². The number of carboxylic acids is 3. The Bertz CT molecular complexity index is 2590. The van der Waals surface area contributed by atoms with Gasteiger partial charge in [-0.2, -0.15) is 8.42 Å². The number of aliphatic carboxylic acids is 3. The van der Waals surface area contributed by atoms with E-state index in [0.717, 1.165) is 13.8 Å². The van der Waals surface area contributed by atoms with Gasteiger partial charge in [0, 0.05) is 31.7 Å². The van der Waals surface area contributed by atoms with Gasteiger partial charge in [-0.3, -0.25) is 14.1 Å². The second-order valence-corrected chi connectivity index (χ2v) is 22.2. The molecule has 86 heavy (non-hydrogen) atoms. The number of carboxylic acid groups (broad SMARTS) is 3. The van der Waals surface area contributed by atoms with Crippen molar-refractivity contribution < 1.29 is 286 Å². The molecule has 1 aliphatic carbocycles. The number of rotatable bonds is 21. The summed E-state index contributed by atoms with van der Waals surface area (Å²) in [6.07, 6.45) is -47.2. The van der Waals surface area contributed by atoms with E-state index in [-0.39, 0.29) is 125 Å². The maximum atomic E-state index is 12.9. The molecule has 2 amide bonds. The summed E-state index contributed by atoms with van der Waals surface area (Å²) in [7, 11) is -10.6. The molecule has 28 atom stereocenters. The van der Waals surface area contributed by atoms with E-state index in [2.05, 4.69) is 14.8 Å². The van der Waals surface area contributed by atoms with Gasteiger partial charge in [0.1, 0.15) is 115 Å². The molecule has 0 aromatic carbocycles. The van der Waals surface area contributed by atoms with Crippen LogP contribution in [0.5, 0.6) is 0 Å². The van der Waals surface area contributed by atoms with Gasteiger partial charge >= 0.3 is 129 Å². The number of hydrogen-bond acceptors (Lipinski definition) is 34. The molecule has 0 radical (unpaired) electrons. The van der Waals surface area contributed by atoms with E-state index in [1.54, 1.807) is 4.72 Å². The molecule has 13 N–H and O–H groups in total. The first-order valence-electron chi connectivity index (χ1n) is 24.7. The van der Waals surface area contributed by atoms with Crippen molar-refractivity contribution in [3.8, 4) is 0 Å². The Morgan fingerprint density at radius 3 is 1.73 bits per heavy atom. The summed E-state index contributed by atoms with van der Waals surface area (Å²) in [5, 5.41) is 142.